The van der Waals surface area contributed by atoms with Crippen LogP contribution in [0.4, 0.5) is 0 Å². The molecule has 7 atom stereocenters. The van der Waals surface area contributed by atoms with E-state index in [1.165, 1.54) is 6.92 Å². The Morgan fingerprint density at radius 1 is 1.15 bits per heavy atom. The Labute approximate surface area is 201 Å². The SMILES string of the molecule is CCCC(=O)OCC(=O)[C@@]1(OC(C)=O)CCC2C3CCC4=CC(=O)CCC4(C)C3C(O)CC21C. The molecule has 4 aliphatic carbocycles. The second-order valence-electron chi connectivity index (χ2n) is 11.4. The molecule has 7 heteroatoms. The van der Waals surface area contributed by atoms with E-state index in [0.717, 1.165) is 24.8 Å². The molecule has 3 saturated carbocycles. The molecule has 6 unspecified atom stereocenters. The zero-order chi connectivity index (χ0) is 24.9. The summed E-state index contributed by atoms with van der Waals surface area (Å²) < 4.78 is 11.1. The average molecular weight is 475 g/mol. The molecule has 0 spiro atoms. The summed E-state index contributed by atoms with van der Waals surface area (Å²) in [5.41, 5.74) is -1.25. The molecule has 1 N–H and O–H groups in total. The number of ketones is 2. The third-order valence-electron chi connectivity index (χ3n) is 9.60. The standard InChI is InChI=1S/C27H38O7/c1-5-6-23(32)33-15-22(31)27(34-16(2)28)12-10-20-19-8-7-17-13-18(29)9-11-25(17,3)24(19)21(30)14-26(20,27)4/h13,19-21,24,30H,5-12,14-15H2,1-4H3/t19?,20?,21?,24?,25?,26?,27-/m0/s1. The molecule has 0 radical (unpaired) electrons. The molecule has 0 aromatic rings. The van der Waals surface area contributed by atoms with Crippen molar-refractivity contribution in [1.82, 2.24) is 0 Å². The van der Waals surface area contributed by atoms with Crippen LogP contribution in [0.2, 0.25) is 0 Å². The highest BCUT2D eigenvalue weighted by atomic mass is 16.6. The average Bonchev–Trinajstić information content (AvgIpc) is 3.04. The van der Waals surface area contributed by atoms with Crippen LogP contribution in [0.25, 0.3) is 0 Å². The lowest BCUT2D eigenvalue weighted by atomic mass is 9.45. The Kier molecular flexibility index (Phi) is 6.56. The number of carbonyl (C=O) groups excluding carboxylic acids is 4. The smallest absolute Gasteiger partial charge is 0.306 e. The summed E-state index contributed by atoms with van der Waals surface area (Å²) in [6.07, 6.45) is 6.26. The van der Waals surface area contributed by atoms with Gasteiger partial charge in [-0.05, 0) is 74.2 Å². The molecule has 3 fully saturated rings. The fourth-order valence-electron chi connectivity index (χ4n) is 8.14. The Bertz CT molecular complexity index is 922. The van der Waals surface area contributed by atoms with Gasteiger partial charge in [0.25, 0.3) is 0 Å². The number of carbonyl (C=O) groups is 4. The zero-order valence-electron chi connectivity index (χ0n) is 20.9. The molecule has 0 aromatic carbocycles. The highest BCUT2D eigenvalue weighted by molar-refractivity contribution is 5.93. The normalized spacial score (nSPS) is 41.0. The largest absolute Gasteiger partial charge is 0.457 e. The molecular weight excluding hydrogens is 436 g/mol. The first-order valence-electron chi connectivity index (χ1n) is 12.8. The summed E-state index contributed by atoms with van der Waals surface area (Å²) in [7, 11) is 0. The van der Waals surface area contributed by atoms with Crippen molar-refractivity contribution in [2.24, 2.45) is 28.6 Å². The number of allylic oxidation sites excluding steroid dienone is 1. The molecule has 0 aromatic heterocycles. The quantitative estimate of drug-likeness (QED) is 0.585. The third kappa shape index (κ3) is 3.75. The summed E-state index contributed by atoms with van der Waals surface area (Å²) >= 11 is 0. The molecule has 4 aliphatic rings. The molecule has 34 heavy (non-hydrogen) atoms. The van der Waals surface area contributed by atoms with Gasteiger partial charge in [0, 0.05) is 25.2 Å². The van der Waals surface area contributed by atoms with Gasteiger partial charge in [-0.25, -0.2) is 0 Å². The van der Waals surface area contributed by atoms with Gasteiger partial charge in [-0.1, -0.05) is 26.3 Å². The predicted molar refractivity (Wildman–Crippen MR) is 123 cm³/mol. The van der Waals surface area contributed by atoms with Crippen LogP contribution in [-0.4, -0.2) is 46.9 Å². The van der Waals surface area contributed by atoms with E-state index in [4.69, 9.17) is 9.47 Å². The Balaban J connectivity index is 1.67. The van der Waals surface area contributed by atoms with Gasteiger partial charge < -0.3 is 14.6 Å². The first kappa shape index (κ1) is 25.1. The van der Waals surface area contributed by atoms with Gasteiger partial charge >= 0.3 is 11.9 Å². The van der Waals surface area contributed by atoms with Crippen LogP contribution in [0.5, 0.6) is 0 Å². The van der Waals surface area contributed by atoms with Crippen LogP contribution < -0.4 is 0 Å². The molecule has 0 amide bonds. The summed E-state index contributed by atoms with van der Waals surface area (Å²) in [6.45, 7) is 6.89. The predicted octanol–water partition coefficient (Wildman–Crippen LogP) is 3.70. The minimum atomic E-state index is -1.42. The van der Waals surface area contributed by atoms with Crippen molar-refractivity contribution >= 4 is 23.5 Å². The van der Waals surface area contributed by atoms with Crippen molar-refractivity contribution in [1.29, 1.82) is 0 Å². The van der Waals surface area contributed by atoms with Crippen molar-refractivity contribution in [3.05, 3.63) is 11.6 Å². The molecule has 0 bridgehead atoms. The molecule has 188 valence electrons. The summed E-state index contributed by atoms with van der Waals surface area (Å²) in [4.78, 5) is 49.8. The van der Waals surface area contributed by atoms with Crippen LogP contribution >= 0.6 is 0 Å². The van der Waals surface area contributed by atoms with E-state index in [2.05, 4.69) is 6.92 Å². The van der Waals surface area contributed by atoms with Crippen molar-refractivity contribution < 1.29 is 33.8 Å². The lowest BCUT2D eigenvalue weighted by molar-refractivity contribution is -0.201. The maximum absolute atomic E-state index is 13.6. The minimum absolute atomic E-state index is 0.00397. The second kappa shape index (κ2) is 8.89. The van der Waals surface area contributed by atoms with Gasteiger partial charge in [-0.3, -0.25) is 19.2 Å². The first-order chi connectivity index (χ1) is 16.0. The van der Waals surface area contributed by atoms with E-state index in [0.29, 0.717) is 32.1 Å². The highest BCUT2D eigenvalue weighted by Crippen LogP contribution is 2.68. The van der Waals surface area contributed by atoms with Crippen LogP contribution in [0.3, 0.4) is 0 Å². The highest BCUT2D eigenvalue weighted by Gasteiger charge is 2.70. The summed E-state index contributed by atoms with van der Waals surface area (Å²) in [6, 6.07) is 0. The number of hydrogen-bond acceptors (Lipinski definition) is 7. The summed E-state index contributed by atoms with van der Waals surface area (Å²) in [5, 5.41) is 11.6. The van der Waals surface area contributed by atoms with Crippen LogP contribution in [0.1, 0.15) is 85.5 Å². The Hall–Kier alpha value is -2.02. The van der Waals surface area contributed by atoms with Crippen LogP contribution in [-0.2, 0) is 28.7 Å². The van der Waals surface area contributed by atoms with Crippen molar-refractivity contribution in [3.63, 3.8) is 0 Å². The van der Waals surface area contributed by atoms with E-state index in [1.807, 2.05) is 13.8 Å². The van der Waals surface area contributed by atoms with Crippen LogP contribution in [0.15, 0.2) is 11.6 Å². The van der Waals surface area contributed by atoms with Crippen molar-refractivity contribution in [3.8, 4) is 0 Å². The van der Waals surface area contributed by atoms with E-state index in [9.17, 15) is 24.3 Å². The van der Waals surface area contributed by atoms with Gasteiger partial charge in [0.05, 0.1) is 6.10 Å². The molecule has 4 rings (SSSR count). The monoisotopic (exact) mass is 474 g/mol. The molecule has 7 nitrogen and oxygen atoms in total. The maximum atomic E-state index is 13.6. The van der Waals surface area contributed by atoms with E-state index >= 15 is 0 Å². The number of ether oxygens (including phenoxy) is 2. The number of hydrogen-bond donors (Lipinski definition) is 1. The minimum Gasteiger partial charge on any atom is -0.457 e. The number of aliphatic hydroxyl groups excluding tert-OH is 1. The van der Waals surface area contributed by atoms with E-state index in [1.54, 1.807) is 6.08 Å². The lowest BCUT2D eigenvalue weighted by Gasteiger charge is -2.60. The first-order valence-corrected chi connectivity index (χ1v) is 12.8. The van der Waals surface area contributed by atoms with Gasteiger partial charge in [0.2, 0.25) is 5.78 Å². The zero-order valence-corrected chi connectivity index (χ0v) is 20.9. The van der Waals surface area contributed by atoms with E-state index < -0.39 is 41.4 Å². The van der Waals surface area contributed by atoms with Gasteiger partial charge in [-0.15, -0.1) is 0 Å². The van der Waals surface area contributed by atoms with Crippen LogP contribution in [0, 0.1) is 28.6 Å². The van der Waals surface area contributed by atoms with E-state index in [-0.39, 0.29) is 35.4 Å². The van der Waals surface area contributed by atoms with Gasteiger partial charge in [0.1, 0.15) is 0 Å². The number of aliphatic hydroxyl groups is 1. The fourth-order valence-corrected chi connectivity index (χ4v) is 8.14. The molecule has 0 aliphatic heterocycles. The lowest BCUT2D eigenvalue weighted by Crippen LogP contribution is -2.63. The summed E-state index contributed by atoms with van der Waals surface area (Å²) in [5.74, 6) is -0.956. The fraction of sp³-hybridized carbons (Fsp3) is 0.778. The topological polar surface area (TPSA) is 107 Å². The van der Waals surface area contributed by atoms with Crippen molar-refractivity contribution in [2.75, 3.05) is 6.61 Å². The molecule has 0 saturated heterocycles. The number of fused-ring (bicyclic) bond motifs is 5. The third-order valence-corrected chi connectivity index (χ3v) is 9.60. The van der Waals surface area contributed by atoms with Crippen molar-refractivity contribution in [2.45, 2.75) is 97.2 Å². The second-order valence-corrected chi connectivity index (χ2v) is 11.4. The van der Waals surface area contributed by atoms with Gasteiger partial charge in [-0.2, -0.15) is 0 Å². The number of rotatable bonds is 6. The number of esters is 2. The Morgan fingerprint density at radius 2 is 1.88 bits per heavy atom. The number of Topliss-reactive ketones (excluding diaryl/α,β-unsaturated/α-hetero) is 1. The Morgan fingerprint density at radius 3 is 2.56 bits per heavy atom. The van der Waals surface area contributed by atoms with Gasteiger partial charge in [0.15, 0.2) is 18.0 Å². The molecule has 0 heterocycles. The molecular formula is C27H38O7. The maximum Gasteiger partial charge on any atom is 0.306 e.